The third-order valence-electron chi connectivity index (χ3n) is 3.42. The van der Waals surface area contributed by atoms with Gasteiger partial charge in [0.15, 0.2) is 6.61 Å². The van der Waals surface area contributed by atoms with Crippen molar-refractivity contribution in [3.8, 4) is 11.5 Å². The number of benzene rings is 2. The molecule has 7 nitrogen and oxygen atoms in total. The van der Waals surface area contributed by atoms with E-state index in [0.29, 0.717) is 11.5 Å². The Balaban J connectivity index is 1.81. The van der Waals surface area contributed by atoms with Gasteiger partial charge in [0.25, 0.3) is 5.91 Å². The molecule has 0 heterocycles. The Morgan fingerprint density at radius 1 is 1.00 bits per heavy atom. The molecule has 134 valence electrons. The first-order valence-corrected chi connectivity index (χ1v) is 8.99. The quantitative estimate of drug-likeness (QED) is 0.736. The summed E-state index contributed by atoms with van der Waals surface area (Å²) in [7, 11) is -0.530. The molecule has 0 aliphatic carbocycles. The van der Waals surface area contributed by atoms with Gasteiger partial charge in [-0.25, -0.2) is 13.1 Å². The topological polar surface area (TPSA) is 93.7 Å². The van der Waals surface area contributed by atoms with Crippen LogP contribution in [0.2, 0.25) is 0 Å². The van der Waals surface area contributed by atoms with Crippen molar-refractivity contribution in [2.45, 2.75) is 11.4 Å². The Morgan fingerprint density at radius 2 is 1.60 bits per heavy atom. The molecule has 0 aliphatic heterocycles. The van der Waals surface area contributed by atoms with Crippen LogP contribution in [0, 0.1) is 0 Å². The largest absolute Gasteiger partial charge is 0.497 e. The van der Waals surface area contributed by atoms with Crippen LogP contribution in [0.1, 0.15) is 5.56 Å². The van der Waals surface area contributed by atoms with Gasteiger partial charge >= 0.3 is 0 Å². The van der Waals surface area contributed by atoms with Crippen molar-refractivity contribution < 1.29 is 22.7 Å². The van der Waals surface area contributed by atoms with E-state index in [9.17, 15) is 13.2 Å². The fourth-order valence-electron chi connectivity index (χ4n) is 1.98. The van der Waals surface area contributed by atoms with Gasteiger partial charge in [0.05, 0.1) is 12.0 Å². The first-order valence-electron chi connectivity index (χ1n) is 7.50. The number of carbonyl (C=O) groups is 1. The molecule has 8 heteroatoms. The molecule has 0 unspecified atom stereocenters. The number of nitrogens with one attached hydrogen (secondary N) is 2. The van der Waals surface area contributed by atoms with Gasteiger partial charge in [0.1, 0.15) is 11.5 Å². The van der Waals surface area contributed by atoms with E-state index in [1.54, 1.807) is 43.5 Å². The van der Waals surface area contributed by atoms with Crippen molar-refractivity contribution in [1.29, 1.82) is 0 Å². The molecule has 0 saturated carbocycles. The second-order valence-electron chi connectivity index (χ2n) is 5.09. The fraction of sp³-hybridized carbons (Fsp3) is 0.235. The molecular formula is C17H20N2O5S. The smallest absolute Gasteiger partial charge is 0.258 e. The normalized spacial score (nSPS) is 11.0. The Labute approximate surface area is 147 Å². The lowest BCUT2D eigenvalue weighted by Crippen LogP contribution is -2.28. The van der Waals surface area contributed by atoms with Gasteiger partial charge in [0, 0.05) is 6.54 Å². The molecule has 0 saturated heterocycles. The molecule has 1 amide bonds. The minimum absolute atomic E-state index is 0.113. The molecule has 0 aromatic heterocycles. The third-order valence-corrected chi connectivity index (χ3v) is 4.85. The average molecular weight is 364 g/mol. The Bertz CT molecular complexity index is 802. The molecule has 0 atom stereocenters. The predicted octanol–water partition coefficient (Wildman–Crippen LogP) is 1.30. The van der Waals surface area contributed by atoms with E-state index in [2.05, 4.69) is 10.0 Å². The second-order valence-corrected chi connectivity index (χ2v) is 6.98. The van der Waals surface area contributed by atoms with Gasteiger partial charge < -0.3 is 14.8 Å². The number of carbonyl (C=O) groups excluding carboxylic acids is 1. The highest BCUT2D eigenvalue weighted by Crippen LogP contribution is 2.16. The van der Waals surface area contributed by atoms with Crippen LogP contribution in [0.15, 0.2) is 53.4 Å². The summed E-state index contributed by atoms with van der Waals surface area (Å²) in [6, 6.07) is 13.2. The molecule has 2 aromatic rings. The molecule has 0 radical (unpaired) electrons. The van der Waals surface area contributed by atoms with Crippen molar-refractivity contribution in [1.82, 2.24) is 10.0 Å². The van der Waals surface area contributed by atoms with E-state index in [1.807, 2.05) is 0 Å². The van der Waals surface area contributed by atoms with Gasteiger partial charge in [-0.05, 0) is 49.0 Å². The van der Waals surface area contributed by atoms with Crippen LogP contribution >= 0.6 is 0 Å². The molecular weight excluding hydrogens is 344 g/mol. The highest BCUT2D eigenvalue weighted by atomic mass is 32.2. The SMILES string of the molecule is CNS(=O)(=O)c1ccc(CNC(=O)COc2ccc(OC)cc2)cc1. The van der Waals surface area contributed by atoms with Crippen LogP contribution < -0.4 is 19.5 Å². The number of hydrogen-bond donors (Lipinski definition) is 2. The lowest BCUT2D eigenvalue weighted by molar-refractivity contribution is -0.123. The van der Waals surface area contributed by atoms with Crippen molar-refractivity contribution in [2.75, 3.05) is 20.8 Å². The Hall–Kier alpha value is -2.58. The number of hydrogen-bond acceptors (Lipinski definition) is 5. The lowest BCUT2D eigenvalue weighted by Gasteiger charge is -2.09. The molecule has 2 aromatic carbocycles. The summed E-state index contributed by atoms with van der Waals surface area (Å²) < 4.78 is 35.9. The maximum Gasteiger partial charge on any atom is 0.258 e. The first-order chi connectivity index (χ1) is 11.9. The lowest BCUT2D eigenvalue weighted by atomic mass is 10.2. The number of sulfonamides is 1. The summed E-state index contributed by atoms with van der Waals surface area (Å²) in [4.78, 5) is 12.0. The van der Waals surface area contributed by atoms with E-state index in [4.69, 9.17) is 9.47 Å². The Morgan fingerprint density at radius 3 is 2.16 bits per heavy atom. The zero-order valence-electron chi connectivity index (χ0n) is 14.0. The van der Waals surface area contributed by atoms with E-state index < -0.39 is 10.0 Å². The first kappa shape index (κ1) is 18.8. The summed E-state index contributed by atoms with van der Waals surface area (Å²) in [5.74, 6) is 1.00. The summed E-state index contributed by atoms with van der Waals surface area (Å²) in [6.45, 7) is 0.170. The monoisotopic (exact) mass is 364 g/mol. The van der Waals surface area contributed by atoms with Crippen molar-refractivity contribution in [3.63, 3.8) is 0 Å². The highest BCUT2D eigenvalue weighted by molar-refractivity contribution is 7.89. The number of ether oxygens (including phenoxy) is 2. The van der Waals surface area contributed by atoms with Crippen LogP contribution in [0.25, 0.3) is 0 Å². The number of methoxy groups -OCH3 is 1. The van der Waals surface area contributed by atoms with Gasteiger partial charge in [0.2, 0.25) is 10.0 Å². The fourth-order valence-corrected chi connectivity index (χ4v) is 2.71. The molecule has 0 spiro atoms. The van der Waals surface area contributed by atoms with Crippen molar-refractivity contribution in [2.24, 2.45) is 0 Å². The van der Waals surface area contributed by atoms with E-state index >= 15 is 0 Å². The zero-order valence-corrected chi connectivity index (χ0v) is 14.8. The van der Waals surface area contributed by atoms with E-state index in [0.717, 1.165) is 5.56 Å². The molecule has 25 heavy (non-hydrogen) atoms. The van der Waals surface area contributed by atoms with Gasteiger partial charge in [-0.15, -0.1) is 0 Å². The van der Waals surface area contributed by atoms with Crippen LogP contribution in [-0.2, 0) is 21.4 Å². The summed E-state index contributed by atoms with van der Waals surface area (Å²) in [6.07, 6.45) is 0. The third kappa shape index (κ3) is 5.47. The maximum atomic E-state index is 11.8. The van der Waals surface area contributed by atoms with Gasteiger partial charge in [-0.2, -0.15) is 0 Å². The summed E-state index contributed by atoms with van der Waals surface area (Å²) >= 11 is 0. The predicted molar refractivity (Wildman–Crippen MR) is 93.0 cm³/mol. The average Bonchev–Trinajstić information content (AvgIpc) is 2.65. The van der Waals surface area contributed by atoms with Gasteiger partial charge in [-0.3, -0.25) is 4.79 Å². The van der Waals surface area contributed by atoms with E-state index in [-0.39, 0.29) is 24.0 Å². The van der Waals surface area contributed by atoms with Crippen LogP contribution in [0.3, 0.4) is 0 Å². The standard InChI is InChI=1S/C17H20N2O5S/c1-18-25(21,22)16-9-3-13(4-10-16)11-19-17(20)12-24-15-7-5-14(23-2)6-8-15/h3-10,18H,11-12H2,1-2H3,(H,19,20). The van der Waals surface area contributed by atoms with Crippen LogP contribution in [-0.4, -0.2) is 35.1 Å². The van der Waals surface area contributed by atoms with Crippen LogP contribution in [0.4, 0.5) is 0 Å². The van der Waals surface area contributed by atoms with Crippen LogP contribution in [0.5, 0.6) is 11.5 Å². The van der Waals surface area contributed by atoms with Crippen molar-refractivity contribution >= 4 is 15.9 Å². The zero-order chi connectivity index (χ0) is 18.3. The van der Waals surface area contributed by atoms with Crippen molar-refractivity contribution in [3.05, 3.63) is 54.1 Å². The number of rotatable bonds is 8. The molecule has 0 bridgehead atoms. The van der Waals surface area contributed by atoms with Gasteiger partial charge in [-0.1, -0.05) is 12.1 Å². The molecule has 0 fully saturated rings. The van der Waals surface area contributed by atoms with E-state index in [1.165, 1.54) is 19.2 Å². The Kier molecular flexibility index (Phi) is 6.37. The number of amides is 1. The molecule has 0 aliphatic rings. The highest BCUT2D eigenvalue weighted by Gasteiger charge is 2.10. The maximum absolute atomic E-state index is 11.8. The molecule has 2 N–H and O–H groups in total. The second kappa shape index (κ2) is 8.50. The summed E-state index contributed by atoms with van der Waals surface area (Å²) in [5, 5.41) is 2.71. The minimum atomic E-state index is -3.46. The minimum Gasteiger partial charge on any atom is -0.497 e. The summed E-state index contributed by atoms with van der Waals surface area (Å²) in [5.41, 5.74) is 0.785. The molecule has 2 rings (SSSR count).